The van der Waals surface area contributed by atoms with E-state index < -0.39 is 5.91 Å². The Morgan fingerprint density at radius 3 is 2.48 bits per heavy atom. The topological polar surface area (TPSA) is 64.0 Å². The normalized spacial score (nSPS) is 10.4. The van der Waals surface area contributed by atoms with E-state index in [9.17, 15) is 14.0 Å². The van der Waals surface area contributed by atoms with E-state index in [1.165, 1.54) is 22.9 Å². The average Bonchev–Trinajstić information content (AvgIpc) is 2.64. The molecule has 0 atom stereocenters. The van der Waals surface area contributed by atoms with Crippen molar-refractivity contribution in [2.75, 3.05) is 6.54 Å². The number of hydrogen-bond donors (Lipinski definition) is 1. The van der Waals surface area contributed by atoms with Gasteiger partial charge in [-0.3, -0.25) is 9.59 Å². The Morgan fingerprint density at radius 2 is 1.72 bits per heavy atom. The third-order valence-corrected chi connectivity index (χ3v) is 3.67. The summed E-state index contributed by atoms with van der Waals surface area (Å²) in [6.45, 7) is 0.270. The SMILES string of the molecule is O=C(NCCc1ccccc1F)c1ccc(=O)n(-c2ccccc2)n1. The fraction of sp³-hybridized carbons (Fsp3) is 0.105. The highest BCUT2D eigenvalue weighted by molar-refractivity contribution is 5.92. The summed E-state index contributed by atoms with van der Waals surface area (Å²) in [6.07, 6.45) is 0.372. The minimum absolute atomic E-state index is 0.122. The number of rotatable bonds is 5. The van der Waals surface area contributed by atoms with Crippen molar-refractivity contribution >= 4 is 5.91 Å². The summed E-state index contributed by atoms with van der Waals surface area (Å²) in [7, 11) is 0. The predicted octanol–water partition coefficient (Wildman–Crippen LogP) is 2.34. The molecule has 0 aliphatic heterocycles. The van der Waals surface area contributed by atoms with E-state index in [2.05, 4.69) is 10.4 Å². The molecule has 5 nitrogen and oxygen atoms in total. The monoisotopic (exact) mass is 337 g/mol. The largest absolute Gasteiger partial charge is 0.350 e. The highest BCUT2D eigenvalue weighted by atomic mass is 19.1. The first-order chi connectivity index (χ1) is 12.1. The second kappa shape index (κ2) is 7.53. The Bertz CT molecular complexity index is 939. The second-order valence-corrected chi connectivity index (χ2v) is 5.40. The number of benzene rings is 2. The number of amides is 1. The lowest BCUT2D eigenvalue weighted by Crippen LogP contribution is -2.30. The van der Waals surface area contributed by atoms with Crippen LogP contribution >= 0.6 is 0 Å². The summed E-state index contributed by atoms with van der Waals surface area (Å²) < 4.78 is 14.7. The number of nitrogens with zero attached hydrogens (tertiary/aromatic N) is 2. The molecule has 0 aliphatic rings. The van der Waals surface area contributed by atoms with Crippen molar-refractivity contribution in [2.24, 2.45) is 0 Å². The molecule has 25 heavy (non-hydrogen) atoms. The predicted molar refractivity (Wildman–Crippen MR) is 92.3 cm³/mol. The number of halogens is 1. The third-order valence-electron chi connectivity index (χ3n) is 3.67. The molecule has 0 radical (unpaired) electrons. The lowest BCUT2D eigenvalue weighted by atomic mass is 10.1. The van der Waals surface area contributed by atoms with Gasteiger partial charge in [-0.25, -0.2) is 4.39 Å². The molecule has 3 rings (SSSR count). The molecule has 0 aliphatic carbocycles. The Balaban J connectivity index is 1.70. The summed E-state index contributed by atoms with van der Waals surface area (Å²) in [6, 6.07) is 18.0. The van der Waals surface area contributed by atoms with Gasteiger partial charge in [-0.15, -0.1) is 0 Å². The molecule has 6 heteroatoms. The Kier molecular flexibility index (Phi) is 4.99. The van der Waals surface area contributed by atoms with Crippen molar-refractivity contribution in [1.29, 1.82) is 0 Å². The van der Waals surface area contributed by atoms with E-state index in [0.717, 1.165) is 0 Å². The summed E-state index contributed by atoms with van der Waals surface area (Å²) in [5.74, 6) is -0.714. The minimum atomic E-state index is -0.416. The number of para-hydroxylation sites is 1. The fourth-order valence-corrected chi connectivity index (χ4v) is 2.39. The summed E-state index contributed by atoms with van der Waals surface area (Å²) in [4.78, 5) is 24.2. The summed E-state index contributed by atoms with van der Waals surface area (Å²) >= 11 is 0. The molecular formula is C19H16FN3O2. The van der Waals surface area contributed by atoms with E-state index in [1.807, 2.05) is 6.07 Å². The highest BCUT2D eigenvalue weighted by Gasteiger charge is 2.10. The van der Waals surface area contributed by atoms with Crippen LogP contribution in [0.25, 0.3) is 5.69 Å². The van der Waals surface area contributed by atoms with Crippen molar-refractivity contribution in [3.8, 4) is 5.69 Å². The van der Waals surface area contributed by atoms with Gasteiger partial charge >= 0.3 is 0 Å². The third kappa shape index (κ3) is 3.98. The fourth-order valence-electron chi connectivity index (χ4n) is 2.39. The van der Waals surface area contributed by atoms with Crippen LogP contribution in [-0.2, 0) is 6.42 Å². The minimum Gasteiger partial charge on any atom is -0.350 e. The van der Waals surface area contributed by atoms with Crippen LogP contribution in [0.3, 0.4) is 0 Å². The van der Waals surface area contributed by atoms with Crippen molar-refractivity contribution in [2.45, 2.75) is 6.42 Å². The van der Waals surface area contributed by atoms with Gasteiger partial charge in [0.2, 0.25) is 0 Å². The molecule has 0 spiro atoms. The van der Waals surface area contributed by atoms with Gasteiger partial charge in [-0.1, -0.05) is 36.4 Å². The molecule has 0 saturated heterocycles. The quantitative estimate of drug-likeness (QED) is 0.777. The van der Waals surface area contributed by atoms with Crippen LogP contribution < -0.4 is 10.9 Å². The molecule has 126 valence electrons. The summed E-state index contributed by atoms with van der Waals surface area (Å²) in [5.41, 5.74) is 0.907. The van der Waals surface area contributed by atoms with Crippen LogP contribution in [0.2, 0.25) is 0 Å². The number of nitrogens with one attached hydrogen (secondary N) is 1. The summed E-state index contributed by atoms with van der Waals surface area (Å²) in [5, 5.41) is 6.79. The Morgan fingerprint density at radius 1 is 1.00 bits per heavy atom. The first-order valence-corrected chi connectivity index (χ1v) is 7.82. The molecule has 1 aromatic heterocycles. The molecule has 1 amide bonds. The average molecular weight is 337 g/mol. The maximum atomic E-state index is 13.6. The second-order valence-electron chi connectivity index (χ2n) is 5.40. The molecule has 3 aromatic rings. The Hall–Kier alpha value is -3.28. The smallest absolute Gasteiger partial charge is 0.271 e. The first kappa shape index (κ1) is 16.6. The zero-order valence-electron chi connectivity index (χ0n) is 13.4. The number of carbonyl (C=O) groups excluding carboxylic acids is 1. The molecule has 0 fully saturated rings. The van der Waals surface area contributed by atoms with Gasteiger partial charge < -0.3 is 5.32 Å². The van der Waals surface area contributed by atoms with Gasteiger partial charge in [0.25, 0.3) is 11.5 Å². The van der Waals surface area contributed by atoms with Gasteiger partial charge in [0.1, 0.15) is 11.5 Å². The van der Waals surface area contributed by atoms with Crippen molar-refractivity contribution in [3.63, 3.8) is 0 Å². The van der Waals surface area contributed by atoms with Gasteiger partial charge in [0.15, 0.2) is 0 Å². The van der Waals surface area contributed by atoms with Crippen molar-refractivity contribution < 1.29 is 9.18 Å². The van der Waals surface area contributed by atoms with E-state index >= 15 is 0 Å². The molecule has 1 N–H and O–H groups in total. The first-order valence-electron chi connectivity index (χ1n) is 7.82. The van der Waals surface area contributed by atoms with Crippen LogP contribution in [0.4, 0.5) is 4.39 Å². The van der Waals surface area contributed by atoms with Crippen molar-refractivity contribution in [1.82, 2.24) is 15.1 Å². The molecule has 0 unspecified atom stereocenters. The molecule has 0 saturated carbocycles. The molecule has 1 heterocycles. The van der Waals surface area contributed by atoms with Gasteiger partial charge in [-0.2, -0.15) is 9.78 Å². The van der Waals surface area contributed by atoms with Crippen LogP contribution in [0.5, 0.6) is 0 Å². The van der Waals surface area contributed by atoms with Crippen LogP contribution in [0.1, 0.15) is 16.1 Å². The van der Waals surface area contributed by atoms with E-state index in [1.54, 1.807) is 42.5 Å². The lowest BCUT2D eigenvalue weighted by molar-refractivity contribution is 0.0947. The van der Waals surface area contributed by atoms with Crippen LogP contribution in [0.15, 0.2) is 71.5 Å². The maximum absolute atomic E-state index is 13.6. The Labute approximate surface area is 143 Å². The number of hydrogen-bond acceptors (Lipinski definition) is 3. The van der Waals surface area contributed by atoms with E-state index in [-0.39, 0.29) is 23.6 Å². The van der Waals surface area contributed by atoms with Crippen LogP contribution in [-0.4, -0.2) is 22.2 Å². The van der Waals surface area contributed by atoms with E-state index in [0.29, 0.717) is 17.7 Å². The number of aromatic nitrogens is 2. The molecule has 0 bridgehead atoms. The van der Waals surface area contributed by atoms with Gasteiger partial charge in [0.05, 0.1) is 5.69 Å². The molecule has 2 aromatic carbocycles. The molecular weight excluding hydrogens is 321 g/mol. The van der Waals surface area contributed by atoms with E-state index in [4.69, 9.17) is 0 Å². The van der Waals surface area contributed by atoms with Crippen molar-refractivity contribution in [3.05, 3.63) is 94.2 Å². The lowest BCUT2D eigenvalue weighted by Gasteiger charge is -2.08. The zero-order chi connectivity index (χ0) is 17.6. The number of carbonyl (C=O) groups is 1. The van der Waals surface area contributed by atoms with Gasteiger partial charge in [-0.05, 0) is 36.2 Å². The maximum Gasteiger partial charge on any atom is 0.271 e. The van der Waals surface area contributed by atoms with Gasteiger partial charge in [0, 0.05) is 12.6 Å². The standard InChI is InChI=1S/C19H16FN3O2/c20-16-9-5-4-6-14(16)12-13-21-19(25)17-10-11-18(24)23(22-17)15-7-2-1-3-8-15/h1-11H,12-13H2,(H,21,25). The zero-order valence-corrected chi connectivity index (χ0v) is 13.4. The highest BCUT2D eigenvalue weighted by Crippen LogP contribution is 2.06. The van der Waals surface area contributed by atoms with Crippen LogP contribution in [0, 0.1) is 5.82 Å².